The molecule has 0 saturated heterocycles. The second-order valence-electron chi connectivity index (χ2n) is 3.42. The number of ether oxygens (including phenoxy) is 1. The Morgan fingerprint density at radius 3 is 2.59 bits per heavy atom. The molecule has 0 aliphatic carbocycles. The van der Waals surface area contributed by atoms with Crippen LogP contribution in [-0.2, 0) is 5.33 Å². The molecule has 0 heterocycles. The molecule has 0 saturated carbocycles. The van der Waals surface area contributed by atoms with Crippen molar-refractivity contribution < 1.29 is 4.74 Å². The molecule has 0 amide bonds. The Morgan fingerprint density at radius 1 is 1.12 bits per heavy atom. The number of rotatable bonds is 3. The third-order valence-electron chi connectivity index (χ3n) is 2.22. The van der Waals surface area contributed by atoms with Gasteiger partial charge in [-0.1, -0.05) is 39.7 Å². The molecule has 0 radical (unpaired) electrons. The number of para-hydroxylation sites is 1. The number of halogens is 3. The molecule has 0 bridgehead atoms. The lowest BCUT2D eigenvalue weighted by atomic mass is 10.2. The lowest BCUT2D eigenvalue weighted by Crippen LogP contribution is -1.91. The molecule has 4 heteroatoms. The Bertz CT molecular complexity index is 531. The first-order valence-electron chi connectivity index (χ1n) is 4.97. The van der Waals surface area contributed by atoms with Gasteiger partial charge in [-0.25, -0.2) is 0 Å². The molecule has 0 atom stereocenters. The van der Waals surface area contributed by atoms with Crippen LogP contribution >= 0.6 is 50.1 Å². The Kier molecular flexibility index (Phi) is 4.70. The van der Waals surface area contributed by atoms with E-state index in [0.717, 1.165) is 25.7 Å². The van der Waals surface area contributed by atoms with E-state index in [1.54, 1.807) is 0 Å². The smallest absolute Gasteiger partial charge is 0.140 e. The molecule has 0 N–H and O–H groups in total. The quantitative estimate of drug-likeness (QED) is 0.459. The number of hydrogen-bond acceptors (Lipinski definition) is 1. The fourth-order valence-corrected chi connectivity index (χ4v) is 2.53. The third-order valence-corrected chi connectivity index (χ3v) is 3.95. The van der Waals surface area contributed by atoms with Crippen LogP contribution < -0.4 is 4.74 Å². The van der Waals surface area contributed by atoms with Gasteiger partial charge in [-0.05, 0) is 52.9 Å². The van der Waals surface area contributed by atoms with Crippen molar-refractivity contribution in [3.63, 3.8) is 0 Å². The van der Waals surface area contributed by atoms with Gasteiger partial charge in [0.05, 0.1) is 3.57 Å². The summed E-state index contributed by atoms with van der Waals surface area (Å²) in [6.45, 7) is 0. The van der Waals surface area contributed by atoms with Gasteiger partial charge in [-0.3, -0.25) is 0 Å². The minimum Gasteiger partial charge on any atom is -0.456 e. The van der Waals surface area contributed by atoms with E-state index in [4.69, 9.17) is 16.3 Å². The number of hydrogen-bond donors (Lipinski definition) is 0. The molecule has 0 aromatic heterocycles. The minimum atomic E-state index is 0.715. The monoisotopic (exact) mass is 422 g/mol. The predicted molar refractivity (Wildman–Crippen MR) is 83.3 cm³/mol. The maximum Gasteiger partial charge on any atom is 0.140 e. The molecule has 0 fully saturated rings. The van der Waals surface area contributed by atoms with Crippen molar-refractivity contribution >= 4 is 50.1 Å². The summed E-state index contributed by atoms with van der Waals surface area (Å²) in [6.07, 6.45) is 0. The summed E-state index contributed by atoms with van der Waals surface area (Å²) in [5, 5.41) is 1.43. The van der Waals surface area contributed by atoms with E-state index < -0.39 is 0 Å². The maximum atomic E-state index is 5.95. The van der Waals surface area contributed by atoms with Crippen LogP contribution in [-0.4, -0.2) is 0 Å². The third kappa shape index (κ3) is 3.36. The number of benzene rings is 2. The van der Waals surface area contributed by atoms with E-state index in [1.807, 2.05) is 42.5 Å². The summed E-state index contributed by atoms with van der Waals surface area (Å²) in [4.78, 5) is 0. The molecule has 0 unspecified atom stereocenters. The summed E-state index contributed by atoms with van der Waals surface area (Å²) in [7, 11) is 0. The molecule has 2 rings (SSSR count). The zero-order valence-corrected chi connectivity index (χ0v) is 13.3. The van der Waals surface area contributed by atoms with Gasteiger partial charge in [0.1, 0.15) is 11.5 Å². The minimum absolute atomic E-state index is 0.715. The first-order valence-corrected chi connectivity index (χ1v) is 7.55. The second-order valence-corrected chi connectivity index (χ2v) is 5.58. The van der Waals surface area contributed by atoms with Gasteiger partial charge in [0.2, 0.25) is 0 Å². The summed E-state index contributed by atoms with van der Waals surface area (Å²) in [5.41, 5.74) is 1.04. The Labute approximate surface area is 127 Å². The van der Waals surface area contributed by atoms with Gasteiger partial charge >= 0.3 is 0 Å². The van der Waals surface area contributed by atoms with Gasteiger partial charge in [-0.2, -0.15) is 0 Å². The maximum absolute atomic E-state index is 5.95. The highest BCUT2D eigenvalue weighted by atomic mass is 127. The molecule has 0 spiro atoms. The summed E-state index contributed by atoms with van der Waals surface area (Å²) in [5.74, 6) is 1.69. The standard InChI is InChI=1S/C13H9BrClIO/c14-8-9-7-10(15)5-6-12(9)17-13-4-2-1-3-11(13)16/h1-7H,8H2. The second kappa shape index (κ2) is 6.07. The van der Waals surface area contributed by atoms with E-state index in [9.17, 15) is 0 Å². The van der Waals surface area contributed by atoms with Crippen molar-refractivity contribution in [2.24, 2.45) is 0 Å². The van der Waals surface area contributed by atoms with E-state index in [2.05, 4.69) is 38.5 Å². The summed E-state index contributed by atoms with van der Waals surface area (Å²) in [6, 6.07) is 13.5. The van der Waals surface area contributed by atoms with Gasteiger partial charge in [0, 0.05) is 15.9 Å². The molecule has 88 valence electrons. The topological polar surface area (TPSA) is 9.23 Å². The molecule has 0 aliphatic rings. The first-order chi connectivity index (χ1) is 8.20. The van der Waals surface area contributed by atoms with Crippen molar-refractivity contribution in [2.45, 2.75) is 5.33 Å². The van der Waals surface area contributed by atoms with Crippen molar-refractivity contribution in [1.29, 1.82) is 0 Å². The average molecular weight is 423 g/mol. The van der Waals surface area contributed by atoms with Crippen LogP contribution in [0.5, 0.6) is 11.5 Å². The molecule has 17 heavy (non-hydrogen) atoms. The molecule has 1 nitrogen and oxygen atoms in total. The van der Waals surface area contributed by atoms with Crippen LogP contribution in [0.15, 0.2) is 42.5 Å². The lowest BCUT2D eigenvalue weighted by Gasteiger charge is -2.11. The first kappa shape index (κ1) is 13.2. The fraction of sp³-hybridized carbons (Fsp3) is 0.0769. The Morgan fingerprint density at radius 2 is 1.88 bits per heavy atom. The predicted octanol–water partition coefficient (Wildman–Crippen LogP) is 5.63. The van der Waals surface area contributed by atoms with Gasteiger partial charge in [-0.15, -0.1) is 0 Å². The Hall–Kier alpha value is -0.260. The van der Waals surface area contributed by atoms with E-state index in [-0.39, 0.29) is 0 Å². The van der Waals surface area contributed by atoms with E-state index in [1.165, 1.54) is 0 Å². The molecular weight excluding hydrogens is 414 g/mol. The van der Waals surface area contributed by atoms with Crippen molar-refractivity contribution in [2.75, 3.05) is 0 Å². The van der Waals surface area contributed by atoms with Crippen LogP contribution in [0.2, 0.25) is 5.02 Å². The van der Waals surface area contributed by atoms with Crippen LogP contribution in [0, 0.1) is 3.57 Å². The molecule has 2 aromatic rings. The highest BCUT2D eigenvalue weighted by molar-refractivity contribution is 14.1. The van der Waals surface area contributed by atoms with Crippen molar-refractivity contribution in [3.05, 3.63) is 56.6 Å². The van der Waals surface area contributed by atoms with Gasteiger partial charge in [0.15, 0.2) is 0 Å². The Balaban J connectivity index is 2.33. The normalized spacial score (nSPS) is 10.3. The van der Waals surface area contributed by atoms with E-state index in [0.29, 0.717) is 5.33 Å². The largest absolute Gasteiger partial charge is 0.456 e. The summed E-state index contributed by atoms with van der Waals surface area (Å²) < 4.78 is 6.97. The molecular formula is C13H9BrClIO. The zero-order chi connectivity index (χ0) is 12.3. The molecule has 2 aromatic carbocycles. The van der Waals surface area contributed by atoms with Gasteiger partial charge < -0.3 is 4.74 Å². The zero-order valence-electron chi connectivity index (χ0n) is 8.79. The van der Waals surface area contributed by atoms with Crippen LogP contribution in [0.4, 0.5) is 0 Å². The van der Waals surface area contributed by atoms with Crippen molar-refractivity contribution in [3.8, 4) is 11.5 Å². The molecule has 0 aliphatic heterocycles. The number of alkyl halides is 1. The summed E-state index contributed by atoms with van der Waals surface area (Å²) >= 11 is 11.6. The van der Waals surface area contributed by atoms with Crippen LogP contribution in [0.25, 0.3) is 0 Å². The average Bonchev–Trinajstić information content (AvgIpc) is 2.34. The highest BCUT2D eigenvalue weighted by Crippen LogP contribution is 2.31. The lowest BCUT2D eigenvalue weighted by molar-refractivity contribution is 0.475. The van der Waals surface area contributed by atoms with Crippen molar-refractivity contribution in [1.82, 2.24) is 0 Å². The van der Waals surface area contributed by atoms with E-state index >= 15 is 0 Å². The fourth-order valence-electron chi connectivity index (χ4n) is 1.40. The highest BCUT2D eigenvalue weighted by Gasteiger charge is 2.06. The van der Waals surface area contributed by atoms with Gasteiger partial charge in [0.25, 0.3) is 0 Å². The van der Waals surface area contributed by atoms with Crippen LogP contribution in [0.3, 0.4) is 0 Å². The SMILES string of the molecule is Clc1ccc(Oc2ccccc2I)c(CBr)c1. The van der Waals surface area contributed by atoms with Crippen LogP contribution in [0.1, 0.15) is 5.56 Å².